The molecule has 1 aliphatic carbocycles. The van der Waals surface area contributed by atoms with E-state index in [4.69, 9.17) is 9.84 Å². The molecule has 7 nitrogen and oxygen atoms in total. The summed E-state index contributed by atoms with van der Waals surface area (Å²) in [4.78, 5) is 24.1. The fourth-order valence-electron chi connectivity index (χ4n) is 4.13. The molecule has 1 heterocycles. The van der Waals surface area contributed by atoms with Crippen LogP contribution in [0.4, 0.5) is 25.0 Å². The molecule has 178 valence electrons. The molecule has 0 saturated heterocycles. The average molecular weight is 469 g/mol. The summed E-state index contributed by atoms with van der Waals surface area (Å²) < 4.78 is 33.8. The van der Waals surface area contributed by atoms with Gasteiger partial charge in [0.25, 0.3) is 0 Å². The molecular weight excluding hydrogens is 442 g/mol. The Hall–Kier alpha value is -3.75. The van der Waals surface area contributed by atoms with Gasteiger partial charge in [-0.15, -0.1) is 0 Å². The molecule has 2 N–H and O–H groups in total. The van der Waals surface area contributed by atoms with Gasteiger partial charge in [-0.1, -0.05) is 12.1 Å². The summed E-state index contributed by atoms with van der Waals surface area (Å²) in [5.74, 6) is -1.70. The lowest BCUT2D eigenvalue weighted by Crippen LogP contribution is -2.25. The Morgan fingerprint density at radius 2 is 1.76 bits per heavy atom. The van der Waals surface area contributed by atoms with Crippen LogP contribution in [0.15, 0.2) is 54.7 Å². The molecule has 0 spiro atoms. The van der Waals surface area contributed by atoms with Crippen molar-refractivity contribution in [3.63, 3.8) is 0 Å². The second kappa shape index (κ2) is 10.5. The first kappa shape index (κ1) is 23.4. The van der Waals surface area contributed by atoms with Gasteiger partial charge in [-0.2, -0.15) is 5.10 Å². The lowest BCUT2D eigenvalue weighted by Gasteiger charge is -2.27. The summed E-state index contributed by atoms with van der Waals surface area (Å²) >= 11 is 0. The van der Waals surface area contributed by atoms with Crippen molar-refractivity contribution in [2.24, 2.45) is 5.92 Å². The van der Waals surface area contributed by atoms with Gasteiger partial charge in [0, 0.05) is 23.5 Å². The van der Waals surface area contributed by atoms with Gasteiger partial charge in [0.1, 0.15) is 11.6 Å². The van der Waals surface area contributed by atoms with E-state index in [9.17, 15) is 18.4 Å². The second-order valence-corrected chi connectivity index (χ2v) is 8.22. The lowest BCUT2D eigenvalue weighted by atomic mass is 9.86. The van der Waals surface area contributed by atoms with E-state index in [0.717, 1.165) is 49.1 Å². The van der Waals surface area contributed by atoms with E-state index in [1.54, 1.807) is 12.1 Å². The van der Waals surface area contributed by atoms with Crippen LogP contribution < -0.4 is 10.6 Å². The molecule has 1 aliphatic rings. The first-order chi connectivity index (χ1) is 16.4. The highest BCUT2D eigenvalue weighted by atomic mass is 19.1. The van der Waals surface area contributed by atoms with Gasteiger partial charge < -0.3 is 15.4 Å². The Morgan fingerprint density at radius 3 is 2.44 bits per heavy atom. The number of rotatable bonds is 6. The van der Waals surface area contributed by atoms with E-state index >= 15 is 0 Å². The summed E-state index contributed by atoms with van der Waals surface area (Å²) in [6.45, 7) is 2.23. The van der Waals surface area contributed by atoms with Gasteiger partial charge in [0.2, 0.25) is 0 Å². The Bertz CT molecular complexity index is 1160. The van der Waals surface area contributed by atoms with Crippen molar-refractivity contribution in [3.8, 4) is 11.3 Å². The maximum absolute atomic E-state index is 13.7. The number of halogens is 2. The standard InChI is InChI=1S/C25H26F2N4O3/c1-2-34-24(32)17-5-10-20(11-6-17)31-14-13-22(30-31)16-3-8-19(9-4-16)28-25(33)29-23-12-7-18(26)15-21(23)27/h3-4,7-9,12-15,17,20H,2,5-6,10-11H2,1H3,(H2,28,29,33). The number of esters is 1. The van der Waals surface area contributed by atoms with Gasteiger partial charge in [-0.05, 0) is 62.9 Å². The van der Waals surface area contributed by atoms with Crippen LogP contribution in [0.5, 0.6) is 0 Å². The third-order valence-electron chi connectivity index (χ3n) is 5.92. The first-order valence-electron chi connectivity index (χ1n) is 11.3. The van der Waals surface area contributed by atoms with Crippen LogP contribution in [0.1, 0.15) is 38.6 Å². The van der Waals surface area contributed by atoms with E-state index < -0.39 is 17.7 Å². The van der Waals surface area contributed by atoms with Crippen LogP contribution >= 0.6 is 0 Å². The van der Waals surface area contributed by atoms with E-state index in [0.29, 0.717) is 18.4 Å². The van der Waals surface area contributed by atoms with E-state index in [-0.39, 0.29) is 23.6 Å². The van der Waals surface area contributed by atoms with Crippen LogP contribution in [0.3, 0.4) is 0 Å². The fraction of sp³-hybridized carbons (Fsp3) is 0.320. The smallest absolute Gasteiger partial charge is 0.323 e. The predicted molar refractivity (Wildman–Crippen MR) is 124 cm³/mol. The molecule has 1 saturated carbocycles. The number of benzene rings is 2. The summed E-state index contributed by atoms with van der Waals surface area (Å²) in [6.07, 6.45) is 5.28. The van der Waals surface area contributed by atoms with Crippen molar-refractivity contribution in [1.82, 2.24) is 9.78 Å². The van der Waals surface area contributed by atoms with Crippen LogP contribution in [-0.4, -0.2) is 28.4 Å². The molecule has 34 heavy (non-hydrogen) atoms. The van der Waals surface area contributed by atoms with Crippen molar-refractivity contribution in [1.29, 1.82) is 0 Å². The second-order valence-electron chi connectivity index (χ2n) is 8.22. The molecule has 2 aromatic carbocycles. The maximum Gasteiger partial charge on any atom is 0.323 e. The quantitative estimate of drug-likeness (QED) is 0.450. The number of urea groups is 1. The number of hydrogen-bond acceptors (Lipinski definition) is 4. The minimum Gasteiger partial charge on any atom is -0.466 e. The number of anilines is 2. The molecule has 1 fully saturated rings. The number of nitrogens with one attached hydrogen (secondary N) is 2. The fourth-order valence-corrected chi connectivity index (χ4v) is 4.13. The lowest BCUT2D eigenvalue weighted by molar-refractivity contribution is -0.149. The average Bonchev–Trinajstić information content (AvgIpc) is 3.32. The van der Waals surface area contributed by atoms with Crippen molar-refractivity contribution >= 4 is 23.4 Å². The SMILES string of the molecule is CCOC(=O)C1CCC(n2ccc(-c3ccc(NC(=O)Nc4ccc(F)cc4F)cc3)n2)CC1. The third kappa shape index (κ3) is 5.59. The van der Waals surface area contributed by atoms with Gasteiger partial charge in [0.05, 0.1) is 29.9 Å². The highest BCUT2D eigenvalue weighted by Crippen LogP contribution is 2.33. The number of carbonyl (C=O) groups is 2. The van der Waals surface area contributed by atoms with Gasteiger partial charge in [-0.3, -0.25) is 9.48 Å². The molecule has 0 radical (unpaired) electrons. The molecule has 0 atom stereocenters. The van der Waals surface area contributed by atoms with E-state index in [1.807, 2.05) is 36.0 Å². The summed E-state index contributed by atoms with van der Waals surface area (Å²) in [6, 6.07) is 11.6. The molecule has 0 bridgehead atoms. The molecule has 2 amide bonds. The summed E-state index contributed by atoms with van der Waals surface area (Å²) in [7, 11) is 0. The van der Waals surface area contributed by atoms with Crippen molar-refractivity contribution in [2.45, 2.75) is 38.6 Å². The third-order valence-corrected chi connectivity index (χ3v) is 5.92. The van der Waals surface area contributed by atoms with Gasteiger partial charge in [0.15, 0.2) is 0 Å². The van der Waals surface area contributed by atoms with E-state index in [2.05, 4.69) is 10.6 Å². The molecule has 9 heteroatoms. The number of nitrogens with zero attached hydrogens (tertiary/aromatic N) is 2. The van der Waals surface area contributed by atoms with Crippen LogP contribution in [0.2, 0.25) is 0 Å². The number of amides is 2. The monoisotopic (exact) mass is 468 g/mol. The highest BCUT2D eigenvalue weighted by Gasteiger charge is 2.28. The van der Waals surface area contributed by atoms with E-state index in [1.165, 1.54) is 0 Å². The Labute approximate surface area is 196 Å². The first-order valence-corrected chi connectivity index (χ1v) is 11.3. The van der Waals surface area contributed by atoms with Crippen molar-refractivity contribution in [2.75, 3.05) is 17.2 Å². The molecular formula is C25H26F2N4O3. The molecule has 0 unspecified atom stereocenters. The minimum absolute atomic E-state index is 0.0250. The zero-order chi connectivity index (χ0) is 24.1. The zero-order valence-electron chi connectivity index (χ0n) is 18.8. The number of aromatic nitrogens is 2. The molecule has 0 aliphatic heterocycles. The Balaban J connectivity index is 1.33. The summed E-state index contributed by atoms with van der Waals surface area (Å²) in [5, 5.41) is 9.67. The van der Waals surface area contributed by atoms with Crippen LogP contribution in [0.25, 0.3) is 11.3 Å². The Morgan fingerprint density at radius 1 is 1.03 bits per heavy atom. The largest absolute Gasteiger partial charge is 0.466 e. The highest BCUT2D eigenvalue weighted by molar-refractivity contribution is 5.99. The molecule has 4 rings (SSSR count). The normalized spacial score (nSPS) is 17.7. The summed E-state index contributed by atoms with van der Waals surface area (Å²) in [5.41, 5.74) is 2.09. The number of hydrogen-bond donors (Lipinski definition) is 2. The van der Waals surface area contributed by atoms with Gasteiger partial charge in [-0.25, -0.2) is 13.6 Å². The number of carbonyl (C=O) groups excluding carboxylic acids is 2. The van der Waals surface area contributed by atoms with Crippen LogP contribution in [-0.2, 0) is 9.53 Å². The minimum atomic E-state index is -0.851. The number of ether oxygens (including phenoxy) is 1. The predicted octanol–water partition coefficient (Wildman–Crippen LogP) is 5.77. The van der Waals surface area contributed by atoms with Crippen molar-refractivity contribution < 1.29 is 23.1 Å². The molecule has 1 aromatic heterocycles. The zero-order valence-corrected chi connectivity index (χ0v) is 18.8. The maximum atomic E-state index is 13.7. The topological polar surface area (TPSA) is 85.2 Å². The van der Waals surface area contributed by atoms with Gasteiger partial charge >= 0.3 is 12.0 Å². The Kier molecular flexibility index (Phi) is 7.20. The van der Waals surface area contributed by atoms with Crippen molar-refractivity contribution in [3.05, 3.63) is 66.4 Å². The van der Waals surface area contributed by atoms with Crippen LogP contribution in [0, 0.1) is 17.6 Å². The molecule has 3 aromatic rings.